The minimum absolute atomic E-state index is 0.219. The van der Waals surface area contributed by atoms with Crippen LogP contribution < -0.4 is 16.6 Å². The van der Waals surface area contributed by atoms with E-state index >= 15 is 0 Å². The average Bonchev–Trinajstić information content (AvgIpc) is 2.96. The second-order valence-corrected chi connectivity index (χ2v) is 5.39. The van der Waals surface area contributed by atoms with E-state index in [1.54, 1.807) is 31.4 Å². The van der Waals surface area contributed by atoms with E-state index in [1.165, 1.54) is 10.9 Å². The Bertz CT molecular complexity index is 954. The maximum atomic E-state index is 12.7. The molecule has 7 heteroatoms. The number of aryl methyl sites for hydroxylation is 1. The van der Waals surface area contributed by atoms with E-state index in [1.807, 2.05) is 19.1 Å². The highest BCUT2D eigenvalue weighted by Gasteiger charge is 2.13. The van der Waals surface area contributed by atoms with Crippen molar-refractivity contribution in [2.24, 2.45) is 0 Å². The van der Waals surface area contributed by atoms with Gasteiger partial charge in [0.15, 0.2) is 5.82 Å². The molecule has 0 saturated heterocycles. The molecule has 3 aromatic rings. The van der Waals surface area contributed by atoms with Gasteiger partial charge in [0.1, 0.15) is 0 Å². The van der Waals surface area contributed by atoms with Crippen LogP contribution in [-0.2, 0) is 0 Å². The lowest BCUT2D eigenvalue weighted by atomic mass is 10.0. The first-order valence-electron chi connectivity index (χ1n) is 7.36. The molecule has 0 unspecified atom stereocenters. The van der Waals surface area contributed by atoms with Gasteiger partial charge in [-0.1, -0.05) is 6.07 Å². The second kappa shape index (κ2) is 6.04. The maximum absolute atomic E-state index is 12.7. The number of pyridine rings is 1. The molecule has 2 aromatic heterocycles. The van der Waals surface area contributed by atoms with Crippen molar-refractivity contribution in [3.8, 4) is 16.9 Å². The van der Waals surface area contributed by atoms with Crippen LogP contribution >= 0.6 is 0 Å². The smallest absolute Gasteiger partial charge is 0.280 e. The standard InChI is InChI=1S/C17H17N5O2/c1-10-7-12(18)4-5-13(10)14-9-21-22(17(14)24)15-6-3-11(8-20-15)16(23)19-2/h3-9,21H,18H2,1-2H3,(H,19,23). The van der Waals surface area contributed by atoms with Crippen molar-refractivity contribution >= 4 is 11.6 Å². The zero-order valence-corrected chi connectivity index (χ0v) is 13.3. The van der Waals surface area contributed by atoms with Crippen LogP contribution in [0, 0.1) is 6.92 Å². The van der Waals surface area contributed by atoms with Gasteiger partial charge in [0.2, 0.25) is 0 Å². The van der Waals surface area contributed by atoms with Crippen LogP contribution in [0.4, 0.5) is 5.69 Å². The summed E-state index contributed by atoms with van der Waals surface area (Å²) >= 11 is 0. The summed E-state index contributed by atoms with van der Waals surface area (Å²) in [7, 11) is 1.55. The third-order valence-corrected chi connectivity index (χ3v) is 3.78. The van der Waals surface area contributed by atoms with Gasteiger partial charge in [-0.15, -0.1) is 0 Å². The van der Waals surface area contributed by atoms with E-state index < -0.39 is 0 Å². The molecule has 0 spiro atoms. The normalized spacial score (nSPS) is 10.6. The molecular formula is C17H17N5O2. The molecule has 0 fully saturated rings. The van der Waals surface area contributed by atoms with Crippen LogP contribution in [0.5, 0.6) is 0 Å². The number of H-pyrrole nitrogens is 1. The number of amides is 1. The first kappa shape index (κ1) is 15.5. The number of carbonyl (C=O) groups excluding carboxylic acids is 1. The summed E-state index contributed by atoms with van der Waals surface area (Å²) in [5.41, 5.74) is 8.88. The number of nitrogens with two attached hydrogens (primary N) is 1. The molecule has 2 heterocycles. The zero-order valence-electron chi connectivity index (χ0n) is 13.3. The van der Waals surface area contributed by atoms with Crippen LogP contribution in [0.1, 0.15) is 15.9 Å². The fraction of sp³-hybridized carbons (Fsp3) is 0.118. The van der Waals surface area contributed by atoms with Gasteiger partial charge in [0.25, 0.3) is 11.5 Å². The highest BCUT2D eigenvalue weighted by atomic mass is 16.1. The third-order valence-electron chi connectivity index (χ3n) is 3.78. The highest BCUT2D eigenvalue weighted by molar-refractivity contribution is 5.93. The molecular weight excluding hydrogens is 306 g/mol. The van der Waals surface area contributed by atoms with Crippen molar-refractivity contribution < 1.29 is 4.79 Å². The summed E-state index contributed by atoms with van der Waals surface area (Å²) < 4.78 is 1.33. The Balaban J connectivity index is 2.01. The van der Waals surface area contributed by atoms with Crippen LogP contribution in [-0.4, -0.2) is 27.7 Å². The molecule has 0 saturated carbocycles. The summed E-state index contributed by atoms with van der Waals surface area (Å²) in [5.74, 6) is 0.179. The molecule has 7 nitrogen and oxygen atoms in total. The fourth-order valence-electron chi connectivity index (χ4n) is 2.52. The second-order valence-electron chi connectivity index (χ2n) is 5.39. The molecule has 0 radical (unpaired) electrons. The minimum atomic E-state index is -0.230. The lowest BCUT2D eigenvalue weighted by Gasteiger charge is -2.04. The third kappa shape index (κ3) is 2.67. The number of nitrogens with one attached hydrogen (secondary N) is 2. The first-order valence-corrected chi connectivity index (χ1v) is 7.36. The monoisotopic (exact) mass is 323 g/mol. The number of aromatic amines is 1. The molecule has 3 rings (SSSR count). The van der Waals surface area contributed by atoms with Gasteiger partial charge in [-0.2, -0.15) is 0 Å². The average molecular weight is 323 g/mol. The van der Waals surface area contributed by atoms with Crippen molar-refractivity contribution in [3.63, 3.8) is 0 Å². The van der Waals surface area contributed by atoms with E-state index in [0.29, 0.717) is 22.6 Å². The Kier molecular flexibility index (Phi) is 3.91. The van der Waals surface area contributed by atoms with Crippen LogP contribution in [0.2, 0.25) is 0 Å². The number of nitrogen functional groups attached to an aromatic ring is 1. The predicted octanol–water partition coefficient (Wildman–Crippen LogP) is 1.48. The van der Waals surface area contributed by atoms with Gasteiger partial charge in [0, 0.05) is 25.1 Å². The summed E-state index contributed by atoms with van der Waals surface area (Å²) in [6, 6.07) is 8.63. The highest BCUT2D eigenvalue weighted by Crippen LogP contribution is 2.22. The van der Waals surface area contributed by atoms with Crippen molar-refractivity contribution in [2.75, 3.05) is 12.8 Å². The fourth-order valence-corrected chi connectivity index (χ4v) is 2.52. The Hall–Kier alpha value is -3.35. The number of hydrogen-bond donors (Lipinski definition) is 3. The van der Waals surface area contributed by atoms with Gasteiger partial charge in [-0.25, -0.2) is 9.67 Å². The Labute approximate surface area is 138 Å². The number of nitrogens with zero attached hydrogens (tertiary/aromatic N) is 2. The molecule has 0 atom stereocenters. The summed E-state index contributed by atoms with van der Waals surface area (Å²) in [6.07, 6.45) is 3.06. The van der Waals surface area contributed by atoms with E-state index in [9.17, 15) is 9.59 Å². The minimum Gasteiger partial charge on any atom is -0.399 e. The van der Waals surface area contributed by atoms with Gasteiger partial charge in [-0.05, 0) is 42.3 Å². The van der Waals surface area contributed by atoms with Gasteiger partial charge in [0.05, 0.1) is 11.1 Å². The number of rotatable bonds is 3. The Morgan fingerprint density at radius 2 is 2.04 bits per heavy atom. The molecule has 0 bridgehead atoms. The number of anilines is 1. The Morgan fingerprint density at radius 1 is 1.25 bits per heavy atom. The number of benzene rings is 1. The van der Waals surface area contributed by atoms with Crippen LogP contribution in [0.25, 0.3) is 16.9 Å². The molecule has 0 aliphatic carbocycles. The lowest BCUT2D eigenvalue weighted by molar-refractivity contribution is 0.0962. The Morgan fingerprint density at radius 3 is 2.67 bits per heavy atom. The largest absolute Gasteiger partial charge is 0.399 e. The first-order chi connectivity index (χ1) is 11.5. The van der Waals surface area contributed by atoms with Gasteiger partial charge < -0.3 is 11.1 Å². The SMILES string of the molecule is CNC(=O)c1ccc(-n2[nH]cc(-c3ccc(N)cc3C)c2=O)nc1. The molecule has 24 heavy (non-hydrogen) atoms. The summed E-state index contributed by atoms with van der Waals surface area (Å²) in [6.45, 7) is 1.90. The van der Waals surface area contributed by atoms with E-state index in [0.717, 1.165) is 11.1 Å². The molecule has 0 aliphatic rings. The van der Waals surface area contributed by atoms with Crippen molar-refractivity contribution in [1.29, 1.82) is 0 Å². The molecule has 4 N–H and O–H groups in total. The lowest BCUT2D eigenvalue weighted by Crippen LogP contribution is -2.20. The van der Waals surface area contributed by atoms with E-state index in [2.05, 4.69) is 15.4 Å². The summed E-state index contributed by atoms with van der Waals surface area (Å²) in [4.78, 5) is 28.4. The van der Waals surface area contributed by atoms with Crippen LogP contribution in [0.3, 0.4) is 0 Å². The van der Waals surface area contributed by atoms with Crippen LogP contribution in [0.15, 0.2) is 47.5 Å². The summed E-state index contributed by atoms with van der Waals surface area (Å²) in [5, 5.41) is 5.43. The number of hydrogen-bond acceptors (Lipinski definition) is 4. The molecule has 1 aromatic carbocycles. The predicted molar refractivity (Wildman–Crippen MR) is 92.2 cm³/mol. The number of aromatic nitrogens is 3. The topological polar surface area (TPSA) is 106 Å². The van der Waals surface area contributed by atoms with E-state index in [4.69, 9.17) is 5.73 Å². The quantitative estimate of drug-likeness (QED) is 0.635. The molecule has 1 amide bonds. The zero-order chi connectivity index (χ0) is 17.3. The van der Waals surface area contributed by atoms with Crippen molar-refractivity contribution in [3.05, 3.63) is 64.2 Å². The van der Waals surface area contributed by atoms with Crippen molar-refractivity contribution in [2.45, 2.75) is 6.92 Å². The van der Waals surface area contributed by atoms with Crippen molar-refractivity contribution in [1.82, 2.24) is 20.1 Å². The number of carbonyl (C=O) groups is 1. The maximum Gasteiger partial charge on any atom is 0.280 e. The van der Waals surface area contributed by atoms with Gasteiger partial charge >= 0.3 is 0 Å². The van der Waals surface area contributed by atoms with E-state index in [-0.39, 0.29) is 11.5 Å². The molecule has 0 aliphatic heterocycles. The van der Waals surface area contributed by atoms with Gasteiger partial charge in [-0.3, -0.25) is 14.7 Å². The molecule has 122 valence electrons.